The summed E-state index contributed by atoms with van der Waals surface area (Å²) < 4.78 is 0.993. The first-order valence-electron chi connectivity index (χ1n) is 6.61. The molecule has 110 valence electrons. The second kappa shape index (κ2) is 6.81. The van der Waals surface area contributed by atoms with E-state index in [1.165, 1.54) is 11.3 Å². The largest absolute Gasteiger partial charge is 0.347 e. The van der Waals surface area contributed by atoms with Crippen molar-refractivity contribution < 1.29 is 4.79 Å². The van der Waals surface area contributed by atoms with Crippen molar-refractivity contribution in [3.05, 3.63) is 69.9 Å². The molecule has 0 saturated carbocycles. The highest BCUT2D eigenvalue weighted by atomic mass is 79.9. The molecule has 0 bridgehead atoms. The van der Waals surface area contributed by atoms with E-state index in [1.54, 1.807) is 17.8 Å². The van der Waals surface area contributed by atoms with E-state index in [2.05, 4.69) is 31.2 Å². The van der Waals surface area contributed by atoms with Crippen LogP contribution < -0.4 is 5.32 Å². The predicted octanol–water partition coefficient (Wildman–Crippen LogP) is 3.90. The number of hydrogen-bond donors (Lipinski definition) is 1. The summed E-state index contributed by atoms with van der Waals surface area (Å²) in [6, 6.07) is 11.6. The summed E-state index contributed by atoms with van der Waals surface area (Å²) in [6.07, 6.45) is 3.42. The van der Waals surface area contributed by atoms with Crippen LogP contribution in [0.15, 0.2) is 58.6 Å². The number of nitrogens with one attached hydrogen (secondary N) is 1. The maximum absolute atomic E-state index is 12.2. The third kappa shape index (κ3) is 3.58. The summed E-state index contributed by atoms with van der Waals surface area (Å²) in [5, 5.41) is 5.46. The molecule has 4 nitrogen and oxygen atoms in total. The smallest absolute Gasteiger partial charge is 0.271 e. The number of aromatic nitrogens is 2. The summed E-state index contributed by atoms with van der Waals surface area (Å²) >= 11 is 4.86. The van der Waals surface area contributed by atoms with Gasteiger partial charge in [-0.05, 0) is 29.8 Å². The molecule has 22 heavy (non-hydrogen) atoms. The molecule has 3 rings (SSSR count). The third-order valence-electron chi connectivity index (χ3n) is 3.01. The number of amides is 1. The highest BCUT2D eigenvalue weighted by molar-refractivity contribution is 9.10. The van der Waals surface area contributed by atoms with Gasteiger partial charge in [0.15, 0.2) is 0 Å². The van der Waals surface area contributed by atoms with Crippen molar-refractivity contribution >= 4 is 33.2 Å². The standard InChI is InChI=1S/C16H12BrN3OS/c17-13-3-1-2-11(8-13)9-19-15(21)14-10-22-16(20-14)12-4-6-18-7-5-12/h1-8,10H,9H2,(H,19,21). The van der Waals surface area contributed by atoms with Crippen LogP contribution in [0.3, 0.4) is 0 Å². The monoisotopic (exact) mass is 373 g/mol. The van der Waals surface area contributed by atoms with Gasteiger partial charge in [0, 0.05) is 34.4 Å². The number of rotatable bonds is 4. The number of nitrogens with zero attached hydrogens (tertiary/aromatic N) is 2. The van der Waals surface area contributed by atoms with Gasteiger partial charge in [-0.3, -0.25) is 9.78 Å². The van der Waals surface area contributed by atoms with Crippen LogP contribution in [0.5, 0.6) is 0 Å². The van der Waals surface area contributed by atoms with E-state index >= 15 is 0 Å². The molecule has 0 spiro atoms. The number of halogens is 1. The molecule has 6 heteroatoms. The average Bonchev–Trinajstić information content (AvgIpc) is 3.04. The van der Waals surface area contributed by atoms with Crippen LogP contribution in [-0.4, -0.2) is 15.9 Å². The van der Waals surface area contributed by atoms with E-state index in [0.717, 1.165) is 20.6 Å². The minimum absolute atomic E-state index is 0.170. The van der Waals surface area contributed by atoms with Gasteiger partial charge in [-0.25, -0.2) is 4.98 Å². The fourth-order valence-electron chi connectivity index (χ4n) is 1.92. The van der Waals surface area contributed by atoms with Crippen molar-refractivity contribution in [3.8, 4) is 10.6 Å². The summed E-state index contributed by atoms with van der Waals surface area (Å²) in [7, 11) is 0. The molecule has 0 aliphatic carbocycles. The number of carbonyl (C=O) groups is 1. The Morgan fingerprint density at radius 2 is 2.05 bits per heavy atom. The Morgan fingerprint density at radius 1 is 1.23 bits per heavy atom. The lowest BCUT2D eigenvalue weighted by atomic mass is 10.2. The molecule has 0 fully saturated rings. The van der Waals surface area contributed by atoms with Gasteiger partial charge >= 0.3 is 0 Å². The second-order valence-corrected chi connectivity index (χ2v) is 6.36. The lowest BCUT2D eigenvalue weighted by Gasteiger charge is -2.03. The van der Waals surface area contributed by atoms with Crippen molar-refractivity contribution in [1.82, 2.24) is 15.3 Å². The number of thiazole rings is 1. The molecule has 1 N–H and O–H groups in total. The second-order valence-electron chi connectivity index (χ2n) is 4.59. The summed E-state index contributed by atoms with van der Waals surface area (Å²) in [4.78, 5) is 20.5. The van der Waals surface area contributed by atoms with Gasteiger partial charge < -0.3 is 5.32 Å². The SMILES string of the molecule is O=C(NCc1cccc(Br)c1)c1csc(-c2ccncc2)n1. The normalized spacial score (nSPS) is 10.4. The van der Waals surface area contributed by atoms with Gasteiger partial charge in [0.25, 0.3) is 5.91 Å². The Balaban J connectivity index is 1.67. The molecule has 2 aromatic heterocycles. The van der Waals surface area contributed by atoms with E-state index in [0.29, 0.717) is 12.2 Å². The maximum atomic E-state index is 12.2. The van der Waals surface area contributed by atoms with Crippen LogP contribution in [0.25, 0.3) is 10.6 Å². The Hall–Kier alpha value is -2.05. The van der Waals surface area contributed by atoms with Gasteiger partial charge in [0.1, 0.15) is 10.7 Å². The van der Waals surface area contributed by atoms with E-state index in [9.17, 15) is 4.79 Å². The molecule has 0 aliphatic heterocycles. The average molecular weight is 374 g/mol. The number of benzene rings is 1. The van der Waals surface area contributed by atoms with E-state index in [1.807, 2.05) is 36.4 Å². The molecule has 1 amide bonds. The van der Waals surface area contributed by atoms with Gasteiger partial charge in [-0.15, -0.1) is 11.3 Å². The van der Waals surface area contributed by atoms with Gasteiger partial charge in [-0.1, -0.05) is 28.1 Å². The molecular formula is C16H12BrN3OS. The predicted molar refractivity (Wildman–Crippen MR) is 90.7 cm³/mol. The summed E-state index contributed by atoms with van der Waals surface area (Å²) in [5.74, 6) is -0.170. The first-order chi connectivity index (χ1) is 10.7. The van der Waals surface area contributed by atoms with Crippen molar-refractivity contribution in [1.29, 1.82) is 0 Å². The molecule has 2 heterocycles. The van der Waals surface area contributed by atoms with Crippen molar-refractivity contribution in [2.75, 3.05) is 0 Å². The molecule has 0 unspecified atom stereocenters. The van der Waals surface area contributed by atoms with Gasteiger partial charge in [0.2, 0.25) is 0 Å². The number of carbonyl (C=O) groups excluding carboxylic acids is 1. The summed E-state index contributed by atoms with van der Waals surface area (Å²) in [6.45, 7) is 0.473. The van der Waals surface area contributed by atoms with E-state index in [-0.39, 0.29) is 5.91 Å². The highest BCUT2D eigenvalue weighted by Gasteiger charge is 2.11. The quantitative estimate of drug-likeness (QED) is 0.754. The first kappa shape index (κ1) is 14.9. The van der Waals surface area contributed by atoms with Crippen LogP contribution in [-0.2, 0) is 6.54 Å². The maximum Gasteiger partial charge on any atom is 0.271 e. The zero-order valence-corrected chi connectivity index (χ0v) is 13.9. The molecule has 0 saturated heterocycles. The summed E-state index contributed by atoms with van der Waals surface area (Å²) in [5.41, 5.74) is 2.44. The number of pyridine rings is 1. The van der Waals surface area contributed by atoms with Crippen LogP contribution in [0.2, 0.25) is 0 Å². The van der Waals surface area contributed by atoms with Crippen LogP contribution in [0, 0.1) is 0 Å². The minimum atomic E-state index is -0.170. The van der Waals surface area contributed by atoms with E-state index < -0.39 is 0 Å². The van der Waals surface area contributed by atoms with Crippen molar-refractivity contribution in [2.24, 2.45) is 0 Å². The Morgan fingerprint density at radius 3 is 2.82 bits per heavy atom. The van der Waals surface area contributed by atoms with Gasteiger partial charge in [-0.2, -0.15) is 0 Å². The van der Waals surface area contributed by atoms with Crippen LogP contribution in [0.1, 0.15) is 16.1 Å². The zero-order valence-electron chi connectivity index (χ0n) is 11.5. The molecule has 0 atom stereocenters. The Bertz CT molecular complexity index is 789. The van der Waals surface area contributed by atoms with Gasteiger partial charge in [0.05, 0.1) is 0 Å². The third-order valence-corrected chi connectivity index (χ3v) is 4.39. The van der Waals surface area contributed by atoms with Crippen molar-refractivity contribution in [3.63, 3.8) is 0 Å². The zero-order chi connectivity index (χ0) is 15.4. The Kier molecular flexibility index (Phi) is 4.60. The Labute approximate surface area is 140 Å². The van der Waals surface area contributed by atoms with E-state index in [4.69, 9.17) is 0 Å². The molecule has 0 radical (unpaired) electrons. The first-order valence-corrected chi connectivity index (χ1v) is 8.28. The molecule has 1 aromatic carbocycles. The topological polar surface area (TPSA) is 54.9 Å². The lowest BCUT2D eigenvalue weighted by Crippen LogP contribution is -2.23. The highest BCUT2D eigenvalue weighted by Crippen LogP contribution is 2.22. The molecule has 0 aliphatic rings. The molecular weight excluding hydrogens is 362 g/mol. The fraction of sp³-hybridized carbons (Fsp3) is 0.0625. The fourth-order valence-corrected chi connectivity index (χ4v) is 3.18. The van der Waals surface area contributed by atoms with Crippen LogP contribution >= 0.6 is 27.3 Å². The molecule has 3 aromatic rings. The lowest BCUT2D eigenvalue weighted by molar-refractivity contribution is 0.0946. The number of hydrogen-bond acceptors (Lipinski definition) is 4. The van der Waals surface area contributed by atoms with Crippen molar-refractivity contribution in [2.45, 2.75) is 6.54 Å². The minimum Gasteiger partial charge on any atom is -0.347 e. The van der Waals surface area contributed by atoms with Crippen LogP contribution in [0.4, 0.5) is 0 Å².